The van der Waals surface area contributed by atoms with Crippen LogP contribution in [0, 0.1) is 0 Å². The molecule has 7 heteroatoms. The first-order valence-corrected chi connectivity index (χ1v) is 10.1. The Hall–Kier alpha value is -3.58. The van der Waals surface area contributed by atoms with Gasteiger partial charge in [0.1, 0.15) is 0 Å². The van der Waals surface area contributed by atoms with E-state index in [1.54, 1.807) is 18.5 Å². The topological polar surface area (TPSA) is 79.8 Å². The Morgan fingerprint density at radius 2 is 1.83 bits per heavy atom. The molecular formula is C22H17N5OS. The van der Waals surface area contributed by atoms with E-state index in [1.807, 2.05) is 11.4 Å². The molecule has 0 saturated carbocycles. The van der Waals surface area contributed by atoms with Gasteiger partial charge in [0.05, 0.1) is 12.1 Å². The molecule has 2 aromatic carbocycles. The number of anilines is 3. The fourth-order valence-electron chi connectivity index (χ4n) is 3.50. The number of hydrogen-bond acceptors (Lipinski definition) is 6. The maximum atomic E-state index is 12.5. The van der Waals surface area contributed by atoms with Crippen LogP contribution < -0.4 is 10.6 Å². The quantitative estimate of drug-likeness (QED) is 0.457. The van der Waals surface area contributed by atoms with Crippen LogP contribution in [0.2, 0.25) is 0 Å². The van der Waals surface area contributed by atoms with Crippen molar-refractivity contribution in [2.45, 2.75) is 12.8 Å². The van der Waals surface area contributed by atoms with Crippen LogP contribution in [0.15, 0.2) is 66.3 Å². The summed E-state index contributed by atoms with van der Waals surface area (Å²) in [6.45, 7) is 0. The fourth-order valence-corrected chi connectivity index (χ4v) is 4.20. The van der Waals surface area contributed by atoms with E-state index < -0.39 is 0 Å². The summed E-state index contributed by atoms with van der Waals surface area (Å²) in [4.78, 5) is 25.1. The minimum absolute atomic E-state index is 0.0896. The van der Waals surface area contributed by atoms with Crippen molar-refractivity contribution in [3.63, 3.8) is 0 Å². The Morgan fingerprint density at radius 3 is 2.72 bits per heavy atom. The SMILES string of the molecule is O=C(Cc1csc(Nc2ncccn2)n1)Nc1ccc2c(c1)Cc1ccccc1-2. The highest BCUT2D eigenvalue weighted by Crippen LogP contribution is 2.37. The first-order valence-electron chi connectivity index (χ1n) is 9.24. The average molecular weight is 399 g/mol. The Bertz CT molecular complexity index is 1190. The largest absolute Gasteiger partial charge is 0.326 e. The molecular weight excluding hydrogens is 382 g/mol. The standard InChI is InChI=1S/C22H17N5OS/c28-20(12-17-13-29-22(26-17)27-21-23-8-3-9-24-21)25-16-6-7-19-15(11-16)10-14-4-1-2-5-18(14)19/h1-9,11,13H,10,12H2,(H,25,28)(H,23,24,26,27). The lowest BCUT2D eigenvalue weighted by Crippen LogP contribution is -2.14. The Morgan fingerprint density at radius 1 is 1.00 bits per heavy atom. The minimum Gasteiger partial charge on any atom is -0.326 e. The van der Waals surface area contributed by atoms with Gasteiger partial charge in [0, 0.05) is 23.5 Å². The van der Waals surface area contributed by atoms with Gasteiger partial charge < -0.3 is 10.6 Å². The molecule has 0 radical (unpaired) electrons. The monoisotopic (exact) mass is 399 g/mol. The molecule has 4 aromatic rings. The molecule has 1 amide bonds. The smallest absolute Gasteiger partial charge is 0.230 e. The highest BCUT2D eigenvalue weighted by Gasteiger charge is 2.18. The highest BCUT2D eigenvalue weighted by atomic mass is 32.1. The van der Waals surface area contributed by atoms with Crippen molar-refractivity contribution in [3.05, 3.63) is 83.1 Å². The van der Waals surface area contributed by atoms with Crippen LogP contribution in [0.3, 0.4) is 0 Å². The van der Waals surface area contributed by atoms with Gasteiger partial charge in [-0.1, -0.05) is 30.3 Å². The third-order valence-electron chi connectivity index (χ3n) is 4.76. The molecule has 29 heavy (non-hydrogen) atoms. The van der Waals surface area contributed by atoms with E-state index in [0.717, 1.165) is 12.1 Å². The zero-order valence-corrected chi connectivity index (χ0v) is 16.2. The van der Waals surface area contributed by atoms with Crippen molar-refractivity contribution in [1.82, 2.24) is 15.0 Å². The second-order valence-electron chi connectivity index (χ2n) is 6.77. The lowest BCUT2D eigenvalue weighted by molar-refractivity contribution is -0.115. The van der Waals surface area contributed by atoms with Crippen LogP contribution in [0.1, 0.15) is 16.8 Å². The summed E-state index contributed by atoms with van der Waals surface area (Å²) < 4.78 is 0. The number of rotatable bonds is 5. The van der Waals surface area contributed by atoms with Gasteiger partial charge in [0.15, 0.2) is 5.13 Å². The summed E-state index contributed by atoms with van der Waals surface area (Å²) in [6, 6.07) is 16.3. The Balaban J connectivity index is 1.23. The number of carbonyl (C=O) groups is 1. The first kappa shape index (κ1) is 17.5. The predicted molar refractivity (Wildman–Crippen MR) is 114 cm³/mol. The summed E-state index contributed by atoms with van der Waals surface area (Å²) in [5.41, 5.74) is 6.62. The Kier molecular flexibility index (Phi) is 4.50. The highest BCUT2D eigenvalue weighted by molar-refractivity contribution is 7.13. The van der Waals surface area contributed by atoms with E-state index in [4.69, 9.17) is 0 Å². The van der Waals surface area contributed by atoms with Crippen LogP contribution in [-0.4, -0.2) is 20.9 Å². The van der Waals surface area contributed by atoms with Crippen molar-refractivity contribution < 1.29 is 4.79 Å². The number of nitrogens with zero attached hydrogens (tertiary/aromatic N) is 3. The number of benzene rings is 2. The summed E-state index contributed by atoms with van der Waals surface area (Å²) in [5, 5.41) is 8.55. The van der Waals surface area contributed by atoms with Gasteiger partial charge in [0.2, 0.25) is 11.9 Å². The van der Waals surface area contributed by atoms with Gasteiger partial charge in [-0.2, -0.15) is 0 Å². The molecule has 1 aliphatic rings. The number of thiazole rings is 1. The zero-order chi connectivity index (χ0) is 19.6. The predicted octanol–water partition coefficient (Wildman–Crippen LogP) is 4.43. The van der Waals surface area contributed by atoms with Crippen molar-refractivity contribution in [2.75, 3.05) is 10.6 Å². The molecule has 142 valence electrons. The molecule has 1 aliphatic carbocycles. The molecule has 0 aliphatic heterocycles. The van der Waals surface area contributed by atoms with E-state index in [2.05, 4.69) is 62.0 Å². The molecule has 6 nitrogen and oxygen atoms in total. The van der Waals surface area contributed by atoms with Crippen molar-refractivity contribution in [3.8, 4) is 11.1 Å². The minimum atomic E-state index is -0.0896. The molecule has 0 spiro atoms. The molecule has 5 rings (SSSR count). The number of fused-ring (bicyclic) bond motifs is 3. The molecule has 2 N–H and O–H groups in total. The number of amides is 1. The maximum absolute atomic E-state index is 12.5. The molecule has 0 unspecified atom stereocenters. The van der Waals surface area contributed by atoms with Crippen LogP contribution in [0.5, 0.6) is 0 Å². The van der Waals surface area contributed by atoms with Crippen LogP contribution in [0.25, 0.3) is 11.1 Å². The van der Waals surface area contributed by atoms with E-state index in [1.165, 1.54) is 33.6 Å². The second kappa shape index (κ2) is 7.44. The van der Waals surface area contributed by atoms with Crippen LogP contribution >= 0.6 is 11.3 Å². The maximum Gasteiger partial charge on any atom is 0.230 e. The molecule has 0 saturated heterocycles. The molecule has 2 aromatic heterocycles. The summed E-state index contributed by atoms with van der Waals surface area (Å²) >= 11 is 1.42. The summed E-state index contributed by atoms with van der Waals surface area (Å²) in [7, 11) is 0. The van der Waals surface area contributed by atoms with E-state index in [-0.39, 0.29) is 12.3 Å². The number of nitrogens with one attached hydrogen (secondary N) is 2. The van der Waals surface area contributed by atoms with E-state index in [0.29, 0.717) is 16.8 Å². The molecule has 0 fully saturated rings. The first-order chi connectivity index (χ1) is 14.2. The number of aromatic nitrogens is 3. The van der Waals surface area contributed by atoms with Gasteiger partial charge in [0.25, 0.3) is 0 Å². The zero-order valence-electron chi connectivity index (χ0n) is 15.4. The van der Waals surface area contributed by atoms with Gasteiger partial charge in [-0.3, -0.25) is 4.79 Å². The number of carbonyl (C=O) groups excluding carboxylic acids is 1. The molecule has 0 bridgehead atoms. The second-order valence-corrected chi connectivity index (χ2v) is 7.63. The van der Waals surface area contributed by atoms with E-state index >= 15 is 0 Å². The number of hydrogen-bond donors (Lipinski definition) is 2. The van der Waals surface area contributed by atoms with Crippen LogP contribution in [0.4, 0.5) is 16.8 Å². The summed E-state index contributed by atoms with van der Waals surface area (Å²) in [6.07, 6.45) is 4.43. The van der Waals surface area contributed by atoms with Gasteiger partial charge in [-0.25, -0.2) is 15.0 Å². The third kappa shape index (κ3) is 3.72. The average Bonchev–Trinajstić information content (AvgIpc) is 3.32. The lowest BCUT2D eigenvalue weighted by atomic mass is 10.1. The van der Waals surface area contributed by atoms with Crippen molar-refractivity contribution >= 4 is 34.0 Å². The third-order valence-corrected chi connectivity index (χ3v) is 5.56. The van der Waals surface area contributed by atoms with Gasteiger partial charge in [-0.05, 0) is 46.9 Å². The molecule has 0 atom stereocenters. The Labute approximate surface area is 171 Å². The van der Waals surface area contributed by atoms with Crippen molar-refractivity contribution in [2.24, 2.45) is 0 Å². The van der Waals surface area contributed by atoms with Gasteiger partial charge in [-0.15, -0.1) is 11.3 Å². The van der Waals surface area contributed by atoms with Gasteiger partial charge >= 0.3 is 0 Å². The fraction of sp³-hybridized carbons (Fsp3) is 0.0909. The lowest BCUT2D eigenvalue weighted by Gasteiger charge is -2.07. The molecule has 2 heterocycles. The van der Waals surface area contributed by atoms with Crippen molar-refractivity contribution in [1.29, 1.82) is 0 Å². The van der Waals surface area contributed by atoms with E-state index in [9.17, 15) is 4.79 Å². The normalized spacial score (nSPS) is 11.6. The summed E-state index contributed by atoms with van der Waals surface area (Å²) in [5.74, 6) is 0.394. The van der Waals surface area contributed by atoms with Crippen LogP contribution in [-0.2, 0) is 17.6 Å².